The predicted molar refractivity (Wildman–Crippen MR) is 105 cm³/mol. The molecule has 1 aromatic carbocycles. The fourth-order valence-corrected chi connectivity index (χ4v) is 3.69. The molecular weight excluding hydrogens is 373 g/mol. The number of alkyl halides is 3. The largest absolute Gasteiger partial charge is 0.421 e. The van der Waals surface area contributed by atoms with Crippen LogP contribution < -0.4 is 10.6 Å². The third-order valence-corrected chi connectivity index (χ3v) is 5.67. The first-order valence-electron chi connectivity index (χ1n) is 9.06. The Morgan fingerprint density at radius 1 is 1.30 bits per heavy atom. The lowest BCUT2D eigenvalue weighted by Gasteiger charge is -2.28. The van der Waals surface area contributed by atoms with Gasteiger partial charge >= 0.3 is 6.18 Å². The fraction of sp³-hybridized carbons (Fsp3) is 0.474. The van der Waals surface area contributed by atoms with Gasteiger partial charge in [0, 0.05) is 23.2 Å². The van der Waals surface area contributed by atoms with Crippen molar-refractivity contribution in [2.24, 2.45) is 0 Å². The fourth-order valence-electron chi connectivity index (χ4n) is 2.85. The number of halogens is 3. The zero-order valence-electron chi connectivity index (χ0n) is 15.3. The van der Waals surface area contributed by atoms with Crippen molar-refractivity contribution in [1.82, 2.24) is 9.97 Å². The van der Waals surface area contributed by atoms with Crippen molar-refractivity contribution in [3.63, 3.8) is 0 Å². The van der Waals surface area contributed by atoms with Gasteiger partial charge in [-0.3, -0.25) is 0 Å². The Kier molecular flexibility index (Phi) is 6.14. The van der Waals surface area contributed by atoms with Gasteiger partial charge in [-0.1, -0.05) is 19.1 Å². The minimum atomic E-state index is -4.49. The number of hydrogen-bond acceptors (Lipinski definition) is 5. The van der Waals surface area contributed by atoms with E-state index in [0.717, 1.165) is 42.5 Å². The molecule has 146 valence electrons. The Labute approximate surface area is 161 Å². The molecule has 0 radical (unpaired) electrons. The first-order valence-corrected chi connectivity index (χ1v) is 10.1. The van der Waals surface area contributed by atoms with E-state index in [2.05, 4.69) is 34.4 Å². The van der Waals surface area contributed by atoms with Gasteiger partial charge < -0.3 is 10.6 Å². The molecule has 1 fully saturated rings. The van der Waals surface area contributed by atoms with Crippen LogP contribution in [0.25, 0.3) is 0 Å². The molecule has 3 rings (SSSR count). The van der Waals surface area contributed by atoms with Crippen molar-refractivity contribution in [3.8, 4) is 0 Å². The molecule has 1 unspecified atom stereocenters. The van der Waals surface area contributed by atoms with Gasteiger partial charge in [0.25, 0.3) is 0 Å². The highest BCUT2D eigenvalue weighted by molar-refractivity contribution is 7.99. The van der Waals surface area contributed by atoms with Gasteiger partial charge in [0.05, 0.1) is 0 Å². The van der Waals surface area contributed by atoms with Gasteiger partial charge in [-0.2, -0.15) is 29.9 Å². The molecule has 4 nitrogen and oxygen atoms in total. The SMILES string of the molecule is CCSC(C)c1cccc(Nc2ncc(C(F)(F)F)c(NC3CCC3)n2)c1. The summed E-state index contributed by atoms with van der Waals surface area (Å²) in [5.41, 5.74) is 1.07. The van der Waals surface area contributed by atoms with Crippen LogP contribution in [0.15, 0.2) is 30.5 Å². The molecule has 27 heavy (non-hydrogen) atoms. The highest BCUT2D eigenvalue weighted by Crippen LogP contribution is 2.36. The standard InChI is InChI=1S/C19H23F3N4S/c1-3-27-12(2)13-6-4-9-15(10-13)25-18-23-11-16(19(20,21)22)17(26-18)24-14-7-5-8-14/h4,6,9-12,14H,3,5,7-8H2,1-2H3,(H2,23,24,25,26). The van der Waals surface area contributed by atoms with Gasteiger partial charge in [0.2, 0.25) is 5.95 Å². The number of benzene rings is 1. The summed E-state index contributed by atoms with van der Waals surface area (Å²) in [6, 6.07) is 7.84. The lowest BCUT2D eigenvalue weighted by atomic mass is 9.93. The molecule has 8 heteroatoms. The summed E-state index contributed by atoms with van der Waals surface area (Å²) in [5, 5.41) is 6.28. The number of nitrogens with zero attached hydrogens (tertiary/aromatic N) is 2. The van der Waals surface area contributed by atoms with E-state index < -0.39 is 11.7 Å². The second kappa shape index (κ2) is 8.37. The minimum absolute atomic E-state index is 0.0455. The van der Waals surface area contributed by atoms with E-state index in [4.69, 9.17) is 0 Å². The molecule has 0 amide bonds. The Hall–Kier alpha value is -1.96. The van der Waals surface area contributed by atoms with E-state index in [0.29, 0.717) is 5.25 Å². The predicted octanol–water partition coefficient (Wildman–Crippen LogP) is 6.02. The molecule has 0 spiro atoms. The van der Waals surface area contributed by atoms with E-state index in [9.17, 15) is 13.2 Å². The second-order valence-electron chi connectivity index (χ2n) is 6.57. The first-order chi connectivity index (χ1) is 12.9. The molecule has 2 aromatic rings. The Morgan fingerprint density at radius 2 is 2.07 bits per heavy atom. The average Bonchev–Trinajstić information content (AvgIpc) is 2.58. The van der Waals surface area contributed by atoms with Gasteiger partial charge in [0.1, 0.15) is 11.4 Å². The van der Waals surface area contributed by atoms with Gasteiger partial charge in [-0.15, -0.1) is 0 Å². The summed E-state index contributed by atoms with van der Waals surface area (Å²) in [4.78, 5) is 7.98. The molecule has 1 atom stereocenters. The summed E-state index contributed by atoms with van der Waals surface area (Å²) in [5.74, 6) is 1.00. The number of anilines is 3. The summed E-state index contributed by atoms with van der Waals surface area (Å²) in [6.45, 7) is 4.23. The van der Waals surface area contributed by atoms with Crippen LogP contribution in [0.4, 0.5) is 30.6 Å². The van der Waals surface area contributed by atoms with Crippen molar-refractivity contribution in [2.75, 3.05) is 16.4 Å². The van der Waals surface area contributed by atoms with E-state index in [1.165, 1.54) is 0 Å². The number of nitrogens with one attached hydrogen (secondary N) is 2. The quantitative estimate of drug-likeness (QED) is 0.599. The number of thioether (sulfide) groups is 1. The number of rotatable bonds is 7. The van der Waals surface area contributed by atoms with Crippen molar-refractivity contribution in [3.05, 3.63) is 41.6 Å². The molecule has 1 saturated carbocycles. The Bertz CT molecular complexity index is 778. The van der Waals surface area contributed by atoms with Crippen molar-refractivity contribution < 1.29 is 13.2 Å². The highest BCUT2D eigenvalue weighted by atomic mass is 32.2. The van der Waals surface area contributed by atoms with Crippen LogP contribution in [0.2, 0.25) is 0 Å². The van der Waals surface area contributed by atoms with E-state index in [1.807, 2.05) is 36.0 Å². The first kappa shape index (κ1) is 19.8. The molecule has 0 aliphatic heterocycles. The normalized spacial score (nSPS) is 15.9. The molecule has 1 heterocycles. The summed E-state index contributed by atoms with van der Waals surface area (Å²) in [6.07, 6.45) is -0.902. The molecule has 0 saturated heterocycles. The topological polar surface area (TPSA) is 49.8 Å². The average molecular weight is 396 g/mol. The maximum absolute atomic E-state index is 13.3. The highest BCUT2D eigenvalue weighted by Gasteiger charge is 2.36. The van der Waals surface area contributed by atoms with Crippen LogP contribution in [-0.2, 0) is 6.18 Å². The van der Waals surface area contributed by atoms with Crippen molar-refractivity contribution in [2.45, 2.75) is 50.6 Å². The van der Waals surface area contributed by atoms with E-state index >= 15 is 0 Å². The molecular formula is C19H23F3N4S. The Morgan fingerprint density at radius 3 is 2.70 bits per heavy atom. The van der Waals surface area contributed by atoms with Crippen LogP contribution in [0.1, 0.15) is 49.5 Å². The molecule has 1 aliphatic carbocycles. The third kappa shape index (κ3) is 5.06. The lowest BCUT2D eigenvalue weighted by Crippen LogP contribution is -2.29. The van der Waals surface area contributed by atoms with E-state index in [1.54, 1.807) is 0 Å². The van der Waals surface area contributed by atoms with Crippen LogP contribution in [0.3, 0.4) is 0 Å². The zero-order chi connectivity index (χ0) is 19.4. The van der Waals surface area contributed by atoms with Gasteiger partial charge in [-0.25, -0.2) is 4.98 Å². The van der Waals surface area contributed by atoms with Crippen LogP contribution in [0, 0.1) is 0 Å². The Balaban J connectivity index is 1.82. The van der Waals surface area contributed by atoms with Crippen LogP contribution in [-0.4, -0.2) is 21.8 Å². The summed E-state index contributed by atoms with van der Waals surface area (Å²) in [7, 11) is 0. The summed E-state index contributed by atoms with van der Waals surface area (Å²) >= 11 is 1.83. The van der Waals surface area contributed by atoms with Gasteiger partial charge in [0.15, 0.2) is 0 Å². The monoisotopic (exact) mass is 396 g/mol. The lowest BCUT2D eigenvalue weighted by molar-refractivity contribution is -0.137. The molecule has 2 N–H and O–H groups in total. The number of hydrogen-bond donors (Lipinski definition) is 2. The number of aromatic nitrogens is 2. The second-order valence-corrected chi connectivity index (χ2v) is 8.19. The molecule has 1 aromatic heterocycles. The maximum atomic E-state index is 13.3. The molecule has 0 bridgehead atoms. The van der Waals surface area contributed by atoms with Gasteiger partial charge in [-0.05, 0) is 49.6 Å². The van der Waals surface area contributed by atoms with Crippen LogP contribution in [0.5, 0.6) is 0 Å². The van der Waals surface area contributed by atoms with Crippen molar-refractivity contribution >= 4 is 29.2 Å². The zero-order valence-corrected chi connectivity index (χ0v) is 16.1. The molecule has 1 aliphatic rings. The minimum Gasteiger partial charge on any atom is -0.367 e. The van der Waals surface area contributed by atoms with E-state index in [-0.39, 0.29) is 17.8 Å². The maximum Gasteiger partial charge on any atom is 0.421 e. The smallest absolute Gasteiger partial charge is 0.367 e. The van der Waals surface area contributed by atoms with Crippen molar-refractivity contribution in [1.29, 1.82) is 0 Å². The summed E-state index contributed by atoms with van der Waals surface area (Å²) < 4.78 is 39.8. The van der Waals surface area contributed by atoms with Crippen LogP contribution >= 0.6 is 11.8 Å². The third-order valence-electron chi connectivity index (χ3n) is 4.57.